The summed E-state index contributed by atoms with van der Waals surface area (Å²) >= 11 is 0. The van der Waals surface area contributed by atoms with Crippen LogP contribution in [-0.4, -0.2) is 84.5 Å². The lowest BCUT2D eigenvalue weighted by atomic mass is 10.1. The van der Waals surface area contributed by atoms with Crippen LogP contribution in [0.3, 0.4) is 0 Å². The molecule has 2 aliphatic heterocycles. The first-order valence-corrected chi connectivity index (χ1v) is 11.5. The fourth-order valence-corrected chi connectivity index (χ4v) is 3.86. The van der Waals surface area contributed by atoms with Crippen LogP contribution in [0.15, 0.2) is 29.5 Å². The molecule has 3 rings (SSSR count). The zero-order chi connectivity index (χ0) is 25.8. The van der Waals surface area contributed by atoms with Gasteiger partial charge in [-0.15, -0.1) is 0 Å². The third kappa shape index (κ3) is 6.41. The van der Waals surface area contributed by atoms with Gasteiger partial charge in [-0.2, -0.15) is 0 Å². The van der Waals surface area contributed by atoms with E-state index in [0.717, 1.165) is 0 Å². The number of nitrogens with zero attached hydrogens (tertiary/aromatic N) is 2. The molecule has 0 saturated carbocycles. The molecular weight excluding hydrogens is 461 g/mol. The maximum atomic E-state index is 14.8. The number of nitrogens with one attached hydrogen (secondary N) is 1. The molecule has 0 bridgehead atoms. The van der Waals surface area contributed by atoms with Crippen molar-refractivity contribution in [2.24, 2.45) is 0 Å². The first kappa shape index (κ1) is 26.3. The molecule has 0 aromatic heterocycles. The highest BCUT2D eigenvalue weighted by atomic mass is 19.1. The highest BCUT2D eigenvalue weighted by Gasteiger charge is 2.35. The third-order valence-corrected chi connectivity index (χ3v) is 5.57. The Morgan fingerprint density at radius 2 is 1.91 bits per heavy atom. The van der Waals surface area contributed by atoms with E-state index in [-0.39, 0.29) is 48.5 Å². The van der Waals surface area contributed by atoms with Gasteiger partial charge >= 0.3 is 12.1 Å². The van der Waals surface area contributed by atoms with Crippen LogP contribution in [-0.2, 0) is 19.1 Å². The first-order valence-electron chi connectivity index (χ1n) is 11.5. The van der Waals surface area contributed by atoms with E-state index in [2.05, 4.69) is 5.32 Å². The SMILES string of the molecule is COC(=O)C1=C(Nc2c(F)cccc2OC2CCN(C(=O)OC(C)(C)C)CC2)C(=O)N(CCO)C1. The summed E-state index contributed by atoms with van der Waals surface area (Å²) in [5, 5.41) is 12.0. The number of halogens is 1. The Hall–Kier alpha value is -3.34. The number of aliphatic hydroxyl groups excluding tert-OH is 1. The lowest BCUT2D eigenvalue weighted by molar-refractivity contribution is -0.136. The predicted octanol–water partition coefficient (Wildman–Crippen LogP) is 2.28. The summed E-state index contributed by atoms with van der Waals surface area (Å²) in [5.74, 6) is -1.78. The maximum Gasteiger partial charge on any atom is 0.410 e. The summed E-state index contributed by atoms with van der Waals surface area (Å²) in [6.45, 7) is 5.91. The number of aliphatic hydroxyl groups is 1. The maximum absolute atomic E-state index is 14.8. The number of benzene rings is 1. The molecule has 1 fully saturated rings. The van der Waals surface area contributed by atoms with Gasteiger partial charge in [-0.25, -0.2) is 14.0 Å². The number of hydrogen-bond donors (Lipinski definition) is 2. The minimum absolute atomic E-state index is 0.0152. The number of amides is 2. The van der Waals surface area contributed by atoms with Crippen molar-refractivity contribution in [3.8, 4) is 5.75 Å². The van der Waals surface area contributed by atoms with Crippen LogP contribution >= 0.6 is 0 Å². The van der Waals surface area contributed by atoms with Crippen molar-refractivity contribution in [1.29, 1.82) is 0 Å². The zero-order valence-corrected chi connectivity index (χ0v) is 20.4. The van der Waals surface area contributed by atoms with Gasteiger partial charge in [0, 0.05) is 32.5 Å². The van der Waals surface area contributed by atoms with Crippen LogP contribution in [0.4, 0.5) is 14.9 Å². The van der Waals surface area contributed by atoms with E-state index in [1.54, 1.807) is 31.7 Å². The Morgan fingerprint density at radius 1 is 1.23 bits per heavy atom. The highest BCUT2D eigenvalue weighted by Crippen LogP contribution is 2.33. The lowest BCUT2D eigenvalue weighted by Gasteiger charge is -2.33. The van der Waals surface area contributed by atoms with Crippen LogP contribution in [0.1, 0.15) is 33.6 Å². The largest absolute Gasteiger partial charge is 0.488 e. The molecule has 1 aromatic carbocycles. The summed E-state index contributed by atoms with van der Waals surface area (Å²) in [4.78, 5) is 40.2. The molecule has 192 valence electrons. The molecular formula is C24H32FN3O7. The lowest BCUT2D eigenvalue weighted by Crippen LogP contribution is -2.44. The number of esters is 1. The van der Waals surface area contributed by atoms with Crippen LogP contribution in [0.5, 0.6) is 5.75 Å². The number of carbonyl (C=O) groups is 3. The van der Waals surface area contributed by atoms with E-state index in [4.69, 9.17) is 14.2 Å². The molecule has 0 radical (unpaired) electrons. The van der Waals surface area contributed by atoms with Gasteiger partial charge in [-0.05, 0) is 32.9 Å². The number of methoxy groups -OCH3 is 1. The number of piperidine rings is 1. The highest BCUT2D eigenvalue weighted by molar-refractivity contribution is 6.08. The van der Waals surface area contributed by atoms with Crippen molar-refractivity contribution in [3.05, 3.63) is 35.3 Å². The van der Waals surface area contributed by atoms with Gasteiger partial charge in [0.05, 0.1) is 25.8 Å². The van der Waals surface area contributed by atoms with Crippen LogP contribution < -0.4 is 10.1 Å². The summed E-state index contributed by atoms with van der Waals surface area (Å²) in [6.07, 6.45) is 0.331. The fourth-order valence-electron chi connectivity index (χ4n) is 3.86. The quantitative estimate of drug-likeness (QED) is 0.556. The molecule has 0 atom stereocenters. The molecule has 10 nitrogen and oxygen atoms in total. The molecule has 2 aliphatic rings. The van der Waals surface area contributed by atoms with Gasteiger partial charge in [0.1, 0.15) is 34.7 Å². The zero-order valence-electron chi connectivity index (χ0n) is 20.4. The van der Waals surface area contributed by atoms with E-state index >= 15 is 0 Å². The number of ether oxygens (including phenoxy) is 3. The molecule has 1 saturated heterocycles. The Morgan fingerprint density at radius 3 is 2.51 bits per heavy atom. The molecule has 0 spiro atoms. The predicted molar refractivity (Wildman–Crippen MR) is 124 cm³/mol. The minimum Gasteiger partial charge on any atom is -0.488 e. The summed E-state index contributed by atoms with van der Waals surface area (Å²) < 4.78 is 31.1. The van der Waals surface area contributed by atoms with E-state index in [1.165, 1.54) is 24.1 Å². The summed E-state index contributed by atoms with van der Waals surface area (Å²) in [5.41, 5.74) is -0.766. The molecule has 11 heteroatoms. The molecule has 2 N–H and O–H groups in total. The Labute approximate surface area is 203 Å². The van der Waals surface area contributed by atoms with E-state index in [1.807, 2.05) is 0 Å². The monoisotopic (exact) mass is 493 g/mol. The van der Waals surface area contributed by atoms with Crippen molar-refractivity contribution in [1.82, 2.24) is 9.80 Å². The topological polar surface area (TPSA) is 118 Å². The van der Waals surface area contributed by atoms with Gasteiger partial charge in [-0.1, -0.05) is 6.07 Å². The molecule has 1 aromatic rings. The van der Waals surface area contributed by atoms with Gasteiger partial charge in [-0.3, -0.25) is 4.79 Å². The number of hydrogen-bond acceptors (Lipinski definition) is 8. The number of carbonyl (C=O) groups excluding carboxylic acids is 3. The minimum atomic E-state index is -0.727. The standard InChI is InChI=1S/C24H32FN3O7/c1-24(2,3)35-23(32)27-10-8-15(9-11-27)34-18-7-5-6-17(25)20(18)26-19-16(22(31)33-4)14-28(12-13-29)21(19)30/h5-7,15,26,29H,8-14H2,1-4H3. The van der Waals surface area contributed by atoms with Gasteiger partial charge in [0.25, 0.3) is 5.91 Å². The van der Waals surface area contributed by atoms with Crippen molar-refractivity contribution in [3.63, 3.8) is 0 Å². The molecule has 2 amide bonds. The van der Waals surface area contributed by atoms with Gasteiger partial charge in [0.15, 0.2) is 0 Å². The molecule has 2 heterocycles. The molecule has 0 aliphatic carbocycles. The smallest absolute Gasteiger partial charge is 0.410 e. The Kier molecular flexibility index (Phi) is 8.21. The Balaban J connectivity index is 1.75. The molecule has 0 unspecified atom stereocenters. The normalized spacial score (nSPS) is 17.0. The van der Waals surface area contributed by atoms with Crippen molar-refractivity contribution in [2.45, 2.75) is 45.3 Å². The van der Waals surface area contributed by atoms with Crippen molar-refractivity contribution < 1.29 is 38.1 Å². The third-order valence-electron chi connectivity index (χ3n) is 5.57. The average Bonchev–Trinajstić information content (AvgIpc) is 3.10. The summed E-state index contributed by atoms with van der Waals surface area (Å²) in [6, 6.07) is 4.26. The number of para-hydroxylation sites is 1. The second-order valence-electron chi connectivity index (χ2n) is 9.32. The van der Waals surface area contributed by atoms with Gasteiger partial charge < -0.3 is 34.4 Å². The fraction of sp³-hybridized carbons (Fsp3) is 0.542. The molecule has 35 heavy (non-hydrogen) atoms. The number of anilines is 1. The van der Waals surface area contributed by atoms with Crippen molar-refractivity contribution in [2.75, 3.05) is 45.2 Å². The van der Waals surface area contributed by atoms with Crippen LogP contribution in [0, 0.1) is 5.82 Å². The van der Waals surface area contributed by atoms with E-state index < -0.39 is 29.4 Å². The summed E-state index contributed by atoms with van der Waals surface area (Å²) in [7, 11) is 1.19. The first-order chi connectivity index (χ1) is 16.5. The van der Waals surface area contributed by atoms with Crippen LogP contribution in [0.2, 0.25) is 0 Å². The van der Waals surface area contributed by atoms with Gasteiger partial charge in [0.2, 0.25) is 0 Å². The number of rotatable bonds is 7. The average molecular weight is 494 g/mol. The second-order valence-corrected chi connectivity index (χ2v) is 9.32. The van der Waals surface area contributed by atoms with Crippen molar-refractivity contribution >= 4 is 23.7 Å². The number of likely N-dealkylation sites (tertiary alicyclic amines) is 1. The number of β-amino-alcohol motifs (C(OH)–C–C–N with tert-alkyl or cyclic N) is 1. The van der Waals surface area contributed by atoms with E-state index in [9.17, 15) is 23.9 Å². The second kappa shape index (κ2) is 10.9. The Bertz CT molecular complexity index is 997. The van der Waals surface area contributed by atoms with Crippen LogP contribution in [0.25, 0.3) is 0 Å². The van der Waals surface area contributed by atoms with E-state index in [0.29, 0.717) is 25.9 Å².